The van der Waals surface area contributed by atoms with Crippen LogP contribution < -0.4 is 0 Å². The van der Waals surface area contributed by atoms with Gasteiger partial charge in [0.15, 0.2) is 0 Å². The van der Waals surface area contributed by atoms with Gasteiger partial charge in [-0.25, -0.2) is 0 Å². The fraction of sp³-hybridized carbons (Fsp3) is 0.650. The molecule has 2 bridgehead atoms. The van der Waals surface area contributed by atoms with Gasteiger partial charge in [-0.05, 0) is 44.3 Å². The first-order valence-electron chi connectivity index (χ1n) is 9.17. The van der Waals surface area contributed by atoms with E-state index in [0.29, 0.717) is 29.8 Å². The van der Waals surface area contributed by atoms with Gasteiger partial charge in [-0.2, -0.15) is 0 Å². The SMILES string of the molecule is Cc1ccc([C@@H]2CN(C(=O)C(C)C)[C@@H]3C4CCN(CC4)[C@@H]32)cc1. The largest absolute Gasteiger partial charge is 0.337 e. The number of nitrogens with zero attached hydrogens (tertiary/aromatic N) is 2. The van der Waals surface area contributed by atoms with Crippen LogP contribution in [0.5, 0.6) is 0 Å². The molecule has 3 atom stereocenters. The van der Waals surface area contributed by atoms with E-state index >= 15 is 0 Å². The van der Waals surface area contributed by atoms with Gasteiger partial charge in [-0.3, -0.25) is 9.69 Å². The first-order chi connectivity index (χ1) is 11.1. The molecule has 4 heterocycles. The lowest BCUT2D eigenvalue weighted by molar-refractivity contribution is -0.139. The summed E-state index contributed by atoms with van der Waals surface area (Å²) >= 11 is 0. The number of rotatable bonds is 2. The van der Waals surface area contributed by atoms with Crippen LogP contribution in [0.4, 0.5) is 0 Å². The first kappa shape index (κ1) is 15.2. The van der Waals surface area contributed by atoms with Crippen LogP contribution in [-0.4, -0.2) is 47.4 Å². The van der Waals surface area contributed by atoms with E-state index in [1.54, 1.807) is 0 Å². The molecule has 0 spiro atoms. The van der Waals surface area contributed by atoms with E-state index < -0.39 is 0 Å². The average molecular weight is 312 g/mol. The van der Waals surface area contributed by atoms with Crippen molar-refractivity contribution in [3.05, 3.63) is 35.4 Å². The normalized spacial score (nSPS) is 35.7. The minimum atomic E-state index is 0.0999. The molecule has 1 amide bonds. The lowest BCUT2D eigenvalue weighted by Crippen LogP contribution is -2.61. The predicted octanol–water partition coefficient (Wildman–Crippen LogP) is 3.04. The molecular formula is C20H28N2O. The lowest BCUT2D eigenvalue weighted by atomic mass is 9.75. The number of hydrogen-bond acceptors (Lipinski definition) is 2. The molecule has 4 fully saturated rings. The zero-order valence-electron chi connectivity index (χ0n) is 14.5. The van der Waals surface area contributed by atoms with Crippen molar-refractivity contribution in [2.75, 3.05) is 19.6 Å². The second-order valence-corrected chi connectivity index (χ2v) is 8.02. The Morgan fingerprint density at radius 1 is 1.09 bits per heavy atom. The summed E-state index contributed by atoms with van der Waals surface area (Å²) in [4.78, 5) is 17.7. The third-order valence-electron chi connectivity index (χ3n) is 6.28. The summed E-state index contributed by atoms with van der Waals surface area (Å²) in [7, 11) is 0. The van der Waals surface area contributed by atoms with Gasteiger partial charge in [0.25, 0.3) is 0 Å². The fourth-order valence-corrected chi connectivity index (χ4v) is 5.11. The Bertz CT molecular complexity index is 586. The molecule has 3 nitrogen and oxygen atoms in total. The fourth-order valence-electron chi connectivity index (χ4n) is 5.11. The van der Waals surface area contributed by atoms with Gasteiger partial charge < -0.3 is 4.90 Å². The average Bonchev–Trinajstić information content (AvgIpc) is 2.98. The van der Waals surface area contributed by atoms with Crippen molar-refractivity contribution in [2.24, 2.45) is 11.8 Å². The standard InChI is InChI=1S/C20H28N2O/c1-13(2)20(23)22-12-17(15-6-4-14(3)5-7-15)19-18(22)16-8-10-21(19)11-9-16/h4-7,13,16-19H,8-12H2,1-3H3/t17-,18+,19+/m0/s1. The van der Waals surface area contributed by atoms with Crippen molar-refractivity contribution in [3.8, 4) is 0 Å². The molecule has 0 radical (unpaired) electrons. The molecule has 0 aliphatic carbocycles. The van der Waals surface area contributed by atoms with E-state index in [1.807, 2.05) is 13.8 Å². The highest BCUT2D eigenvalue weighted by Crippen LogP contribution is 2.46. The predicted molar refractivity (Wildman–Crippen MR) is 92.3 cm³/mol. The summed E-state index contributed by atoms with van der Waals surface area (Å²) in [6.07, 6.45) is 2.54. The molecule has 4 aliphatic rings. The van der Waals surface area contributed by atoms with Crippen molar-refractivity contribution >= 4 is 5.91 Å². The topological polar surface area (TPSA) is 23.6 Å². The van der Waals surface area contributed by atoms with E-state index in [0.717, 1.165) is 6.54 Å². The van der Waals surface area contributed by atoms with Gasteiger partial charge in [0, 0.05) is 24.4 Å². The van der Waals surface area contributed by atoms with Gasteiger partial charge in [0.05, 0.1) is 6.04 Å². The number of aryl methyl sites for hydroxylation is 1. The summed E-state index contributed by atoms with van der Waals surface area (Å²) in [5.41, 5.74) is 2.72. The molecule has 1 aromatic rings. The zero-order chi connectivity index (χ0) is 16.1. The van der Waals surface area contributed by atoms with Crippen LogP contribution in [0.1, 0.15) is 43.7 Å². The van der Waals surface area contributed by atoms with Crippen LogP contribution in [-0.2, 0) is 4.79 Å². The number of piperidine rings is 3. The molecule has 4 aliphatic heterocycles. The molecule has 4 saturated heterocycles. The van der Waals surface area contributed by atoms with Crippen LogP contribution in [0.2, 0.25) is 0 Å². The second-order valence-electron chi connectivity index (χ2n) is 8.02. The molecule has 5 rings (SSSR count). The Labute approximate surface area is 139 Å². The van der Waals surface area contributed by atoms with Gasteiger partial charge in [0.1, 0.15) is 0 Å². The minimum Gasteiger partial charge on any atom is -0.337 e. The number of carbonyl (C=O) groups excluding carboxylic acids is 1. The Hall–Kier alpha value is -1.35. The van der Waals surface area contributed by atoms with Gasteiger partial charge in [-0.1, -0.05) is 43.7 Å². The van der Waals surface area contributed by atoms with Crippen LogP contribution in [0.3, 0.4) is 0 Å². The molecule has 1 aromatic carbocycles. The van der Waals surface area contributed by atoms with Crippen LogP contribution in [0.25, 0.3) is 0 Å². The molecule has 23 heavy (non-hydrogen) atoms. The third-order valence-corrected chi connectivity index (χ3v) is 6.28. The third kappa shape index (κ3) is 2.40. The number of fused-ring (bicyclic) bond motifs is 2. The number of likely N-dealkylation sites (tertiary alicyclic amines) is 1. The van der Waals surface area contributed by atoms with Crippen molar-refractivity contribution < 1.29 is 4.79 Å². The van der Waals surface area contributed by atoms with E-state index in [9.17, 15) is 4.79 Å². The maximum atomic E-state index is 12.8. The molecule has 0 saturated carbocycles. The van der Waals surface area contributed by atoms with Crippen molar-refractivity contribution in [3.63, 3.8) is 0 Å². The van der Waals surface area contributed by atoms with Crippen LogP contribution in [0.15, 0.2) is 24.3 Å². The molecule has 0 N–H and O–H groups in total. The highest BCUT2D eigenvalue weighted by molar-refractivity contribution is 5.79. The van der Waals surface area contributed by atoms with Gasteiger partial charge >= 0.3 is 0 Å². The van der Waals surface area contributed by atoms with E-state index in [2.05, 4.69) is 41.0 Å². The lowest BCUT2D eigenvalue weighted by Gasteiger charge is -2.51. The molecule has 124 valence electrons. The van der Waals surface area contributed by atoms with Crippen molar-refractivity contribution in [1.82, 2.24) is 9.80 Å². The Kier molecular flexibility index (Phi) is 3.72. The van der Waals surface area contributed by atoms with Crippen LogP contribution in [0, 0.1) is 18.8 Å². The Morgan fingerprint density at radius 3 is 2.35 bits per heavy atom. The maximum Gasteiger partial charge on any atom is 0.225 e. The Morgan fingerprint density at radius 2 is 1.74 bits per heavy atom. The summed E-state index contributed by atoms with van der Waals surface area (Å²) < 4.78 is 0. The zero-order valence-corrected chi connectivity index (χ0v) is 14.5. The maximum absolute atomic E-state index is 12.8. The van der Waals surface area contributed by atoms with Crippen LogP contribution >= 0.6 is 0 Å². The smallest absolute Gasteiger partial charge is 0.225 e. The number of hydrogen-bond donors (Lipinski definition) is 0. The summed E-state index contributed by atoms with van der Waals surface area (Å²) in [5.74, 6) is 1.64. The number of benzene rings is 1. The quantitative estimate of drug-likeness (QED) is 0.838. The summed E-state index contributed by atoms with van der Waals surface area (Å²) in [6, 6.07) is 9.97. The van der Waals surface area contributed by atoms with Gasteiger partial charge in [0.2, 0.25) is 5.91 Å². The molecular weight excluding hydrogens is 284 g/mol. The van der Waals surface area contributed by atoms with Crippen molar-refractivity contribution in [1.29, 1.82) is 0 Å². The molecule has 3 heteroatoms. The molecule has 0 aromatic heterocycles. The highest BCUT2D eigenvalue weighted by atomic mass is 16.2. The van der Waals surface area contributed by atoms with Gasteiger partial charge in [-0.15, -0.1) is 0 Å². The minimum absolute atomic E-state index is 0.0999. The molecule has 0 unspecified atom stereocenters. The number of carbonyl (C=O) groups is 1. The second kappa shape index (κ2) is 5.62. The number of amides is 1. The van der Waals surface area contributed by atoms with Crippen molar-refractivity contribution in [2.45, 2.75) is 51.6 Å². The Balaban J connectivity index is 1.70. The van der Waals surface area contributed by atoms with E-state index in [4.69, 9.17) is 0 Å². The summed E-state index contributed by atoms with van der Waals surface area (Å²) in [6.45, 7) is 9.57. The summed E-state index contributed by atoms with van der Waals surface area (Å²) in [5, 5.41) is 0. The highest BCUT2D eigenvalue weighted by Gasteiger charge is 2.54. The van der Waals surface area contributed by atoms with E-state index in [1.165, 1.54) is 37.1 Å². The van der Waals surface area contributed by atoms with E-state index in [-0.39, 0.29) is 5.92 Å². The first-order valence-corrected chi connectivity index (χ1v) is 9.17. The monoisotopic (exact) mass is 312 g/mol.